The van der Waals surface area contributed by atoms with Crippen LogP contribution in [0.1, 0.15) is 14.0 Å². The summed E-state index contributed by atoms with van der Waals surface area (Å²) in [6.45, 7) is 0. The molecule has 2 aromatic rings. The Morgan fingerprint density at radius 2 is 1.00 bits per heavy atom. The Labute approximate surface area is 81.8 Å². The summed E-state index contributed by atoms with van der Waals surface area (Å²) in [5.41, 5.74) is 2.74. The minimum atomic E-state index is 0. The van der Waals surface area contributed by atoms with Crippen molar-refractivity contribution in [2.45, 2.75) is 6.42 Å². The first kappa shape index (κ1) is 8.06. The second kappa shape index (κ2) is 3.90. The van der Waals surface area contributed by atoms with Crippen LogP contribution in [0.15, 0.2) is 60.7 Å². The van der Waals surface area contributed by atoms with E-state index in [1.54, 1.807) is 0 Å². The van der Waals surface area contributed by atoms with Crippen LogP contribution in [0.3, 0.4) is 0 Å². The standard InChI is InChI=1S/C13H12.2H2/c1-3-7-12(8-4-1)11-13-9-5-2-6-10-13;;/h1-10H,11H2;2*1H. The van der Waals surface area contributed by atoms with E-state index < -0.39 is 0 Å². The fourth-order valence-corrected chi connectivity index (χ4v) is 1.43. The molecule has 0 heterocycles. The molecule has 0 aliphatic heterocycles. The van der Waals surface area contributed by atoms with E-state index in [2.05, 4.69) is 60.7 Å². The lowest BCUT2D eigenvalue weighted by Gasteiger charge is -2.00. The Morgan fingerprint density at radius 3 is 1.38 bits per heavy atom. The summed E-state index contributed by atoms with van der Waals surface area (Å²) < 4.78 is 0. The van der Waals surface area contributed by atoms with Gasteiger partial charge in [0.05, 0.1) is 0 Å². The molecular formula is C13H16. The van der Waals surface area contributed by atoms with Gasteiger partial charge in [0.2, 0.25) is 0 Å². The second-order valence-electron chi connectivity index (χ2n) is 3.15. The summed E-state index contributed by atoms with van der Waals surface area (Å²) in [5.74, 6) is 0. The van der Waals surface area contributed by atoms with Crippen molar-refractivity contribution in [3.05, 3.63) is 71.8 Å². The van der Waals surface area contributed by atoms with Crippen molar-refractivity contribution in [2.24, 2.45) is 0 Å². The third kappa shape index (κ3) is 2.19. The number of hydrogen-bond acceptors (Lipinski definition) is 0. The number of benzene rings is 2. The molecule has 0 unspecified atom stereocenters. The smallest absolute Gasteiger partial charge is 0 e. The summed E-state index contributed by atoms with van der Waals surface area (Å²) in [6.07, 6.45) is 1.03. The van der Waals surface area contributed by atoms with Gasteiger partial charge in [-0.05, 0) is 17.5 Å². The Morgan fingerprint density at radius 1 is 0.615 bits per heavy atom. The maximum Gasteiger partial charge on any atom is 0 e. The van der Waals surface area contributed by atoms with Crippen molar-refractivity contribution in [1.29, 1.82) is 0 Å². The SMILES string of the molecule is [HH].[HH].c1ccc(Cc2ccccc2)cc1. The monoisotopic (exact) mass is 172 g/mol. The Balaban J connectivity index is 0.000000980. The lowest BCUT2D eigenvalue weighted by atomic mass is 10.1. The van der Waals surface area contributed by atoms with E-state index >= 15 is 0 Å². The second-order valence-corrected chi connectivity index (χ2v) is 3.15. The molecule has 0 aromatic heterocycles. The van der Waals surface area contributed by atoms with Gasteiger partial charge in [0.1, 0.15) is 0 Å². The average molecular weight is 172 g/mol. The first-order chi connectivity index (χ1) is 6.45. The Hall–Kier alpha value is -1.56. The zero-order valence-corrected chi connectivity index (χ0v) is 7.48. The van der Waals surface area contributed by atoms with Gasteiger partial charge in [-0.25, -0.2) is 0 Å². The quantitative estimate of drug-likeness (QED) is 0.647. The number of hydrogen-bond donors (Lipinski definition) is 0. The lowest BCUT2D eigenvalue weighted by Crippen LogP contribution is -1.85. The van der Waals surface area contributed by atoms with Crippen LogP contribution in [0.25, 0.3) is 0 Å². The predicted octanol–water partition coefficient (Wildman–Crippen LogP) is 3.77. The summed E-state index contributed by atoms with van der Waals surface area (Å²) in [5, 5.41) is 0. The van der Waals surface area contributed by atoms with Gasteiger partial charge >= 0.3 is 0 Å². The van der Waals surface area contributed by atoms with Crippen LogP contribution in [-0.4, -0.2) is 0 Å². The zero-order chi connectivity index (χ0) is 8.93. The van der Waals surface area contributed by atoms with E-state index in [0.29, 0.717) is 0 Å². The molecule has 68 valence electrons. The molecule has 0 bridgehead atoms. The van der Waals surface area contributed by atoms with Crippen LogP contribution in [0, 0.1) is 0 Å². The molecule has 0 saturated heterocycles. The zero-order valence-electron chi connectivity index (χ0n) is 7.48. The maximum absolute atomic E-state index is 2.16. The normalized spacial score (nSPS) is 9.85. The van der Waals surface area contributed by atoms with Gasteiger partial charge in [-0.2, -0.15) is 0 Å². The summed E-state index contributed by atoms with van der Waals surface area (Å²) in [6, 6.07) is 21.1. The Kier molecular flexibility index (Phi) is 2.42. The summed E-state index contributed by atoms with van der Waals surface area (Å²) >= 11 is 0. The molecule has 0 aliphatic carbocycles. The van der Waals surface area contributed by atoms with Gasteiger partial charge in [0, 0.05) is 2.85 Å². The topological polar surface area (TPSA) is 0 Å². The first-order valence-corrected chi connectivity index (χ1v) is 4.53. The van der Waals surface area contributed by atoms with Crippen molar-refractivity contribution in [2.75, 3.05) is 0 Å². The van der Waals surface area contributed by atoms with Crippen molar-refractivity contribution in [3.8, 4) is 0 Å². The van der Waals surface area contributed by atoms with Gasteiger partial charge in [-0.1, -0.05) is 60.7 Å². The first-order valence-electron chi connectivity index (χ1n) is 4.53. The van der Waals surface area contributed by atoms with Gasteiger partial charge in [-0.15, -0.1) is 0 Å². The maximum atomic E-state index is 2.16. The molecule has 2 rings (SSSR count). The fourth-order valence-electron chi connectivity index (χ4n) is 1.43. The van der Waals surface area contributed by atoms with Crippen LogP contribution < -0.4 is 0 Å². The molecule has 2 aromatic carbocycles. The van der Waals surface area contributed by atoms with Crippen LogP contribution in [0.5, 0.6) is 0 Å². The molecule has 0 radical (unpaired) electrons. The summed E-state index contributed by atoms with van der Waals surface area (Å²) in [4.78, 5) is 0. The van der Waals surface area contributed by atoms with E-state index in [-0.39, 0.29) is 2.85 Å². The van der Waals surface area contributed by atoms with Gasteiger partial charge in [0.15, 0.2) is 0 Å². The van der Waals surface area contributed by atoms with Crippen molar-refractivity contribution in [3.63, 3.8) is 0 Å². The summed E-state index contributed by atoms with van der Waals surface area (Å²) in [7, 11) is 0. The molecular weight excluding hydrogens is 156 g/mol. The fraction of sp³-hybridized carbons (Fsp3) is 0.0769. The molecule has 0 aliphatic rings. The minimum Gasteiger partial charge on any atom is -0.0622 e. The van der Waals surface area contributed by atoms with Crippen LogP contribution in [0.4, 0.5) is 0 Å². The molecule has 0 fully saturated rings. The van der Waals surface area contributed by atoms with Crippen LogP contribution >= 0.6 is 0 Å². The Bertz CT molecular complexity index is 319. The largest absolute Gasteiger partial charge is 0.0622 e. The lowest BCUT2D eigenvalue weighted by molar-refractivity contribution is 1.19. The predicted molar refractivity (Wildman–Crippen MR) is 59.9 cm³/mol. The van der Waals surface area contributed by atoms with Crippen molar-refractivity contribution in [1.82, 2.24) is 0 Å². The van der Waals surface area contributed by atoms with E-state index in [1.807, 2.05) is 0 Å². The van der Waals surface area contributed by atoms with Gasteiger partial charge in [0.25, 0.3) is 0 Å². The number of rotatable bonds is 2. The highest BCUT2D eigenvalue weighted by Crippen LogP contribution is 2.07. The van der Waals surface area contributed by atoms with Crippen molar-refractivity contribution < 1.29 is 2.85 Å². The molecule has 0 N–H and O–H groups in total. The molecule has 0 heteroatoms. The van der Waals surface area contributed by atoms with Crippen molar-refractivity contribution >= 4 is 0 Å². The molecule has 0 nitrogen and oxygen atoms in total. The average Bonchev–Trinajstić information content (AvgIpc) is 2.21. The van der Waals surface area contributed by atoms with E-state index in [4.69, 9.17) is 0 Å². The van der Waals surface area contributed by atoms with Gasteiger partial charge < -0.3 is 0 Å². The highest BCUT2D eigenvalue weighted by atomic mass is 14.0. The third-order valence-electron chi connectivity index (χ3n) is 2.09. The molecule has 0 amide bonds. The highest BCUT2D eigenvalue weighted by molar-refractivity contribution is 5.25. The van der Waals surface area contributed by atoms with E-state index in [0.717, 1.165) is 6.42 Å². The third-order valence-corrected chi connectivity index (χ3v) is 2.09. The van der Waals surface area contributed by atoms with E-state index in [1.165, 1.54) is 11.1 Å². The molecule has 0 atom stereocenters. The minimum absolute atomic E-state index is 0. The van der Waals surface area contributed by atoms with Crippen LogP contribution in [-0.2, 0) is 6.42 Å². The highest BCUT2D eigenvalue weighted by Gasteiger charge is 1.92. The molecule has 0 saturated carbocycles. The van der Waals surface area contributed by atoms with Gasteiger partial charge in [-0.3, -0.25) is 0 Å². The molecule has 13 heavy (non-hydrogen) atoms. The molecule has 0 spiro atoms. The van der Waals surface area contributed by atoms with Crippen LogP contribution in [0.2, 0.25) is 0 Å². The van der Waals surface area contributed by atoms with E-state index in [9.17, 15) is 0 Å².